The number of thiocarbonyl (C=S) groups is 1. The van der Waals surface area contributed by atoms with Gasteiger partial charge in [0.2, 0.25) is 0 Å². The first-order valence-corrected chi connectivity index (χ1v) is 7.27. The molecular formula is C17H11FN2OS. The van der Waals surface area contributed by atoms with Gasteiger partial charge in [0.05, 0.1) is 17.3 Å². The Kier molecular flexibility index (Phi) is 2.84. The molecule has 108 valence electrons. The van der Waals surface area contributed by atoms with Crippen molar-refractivity contribution in [3.8, 4) is 0 Å². The molecule has 2 aromatic rings. The summed E-state index contributed by atoms with van der Waals surface area (Å²) in [5.41, 5.74) is 3.70. The van der Waals surface area contributed by atoms with Crippen LogP contribution in [-0.2, 0) is 0 Å². The fourth-order valence-electron chi connectivity index (χ4n) is 2.97. The molecular weight excluding hydrogens is 299 g/mol. The maximum atomic E-state index is 13.2. The van der Waals surface area contributed by atoms with Crippen LogP contribution in [0.5, 0.6) is 0 Å². The molecule has 0 radical (unpaired) electrons. The normalized spacial score (nSPS) is 19.4. The number of nitrogens with one attached hydrogen (secondary N) is 2. The average molecular weight is 310 g/mol. The number of Topliss-reactive ketones (excluding diaryl/α,β-unsaturated/α-hetero) is 1. The molecule has 2 aliphatic rings. The molecule has 1 heterocycles. The van der Waals surface area contributed by atoms with Crippen LogP contribution in [-0.4, -0.2) is 10.9 Å². The molecule has 3 nitrogen and oxygen atoms in total. The molecule has 1 aliphatic heterocycles. The Morgan fingerprint density at radius 3 is 2.41 bits per heavy atom. The van der Waals surface area contributed by atoms with Crippen molar-refractivity contribution in [2.24, 2.45) is 0 Å². The molecule has 0 amide bonds. The van der Waals surface area contributed by atoms with Crippen LogP contribution in [0.1, 0.15) is 27.5 Å². The maximum absolute atomic E-state index is 13.2. The molecule has 0 unspecified atom stereocenters. The van der Waals surface area contributed by atoms with Gasteiger partial charge >= 0.3 is 0 Å². The highest BCUT2D eigenvalue weighted by Gasteiger charge is 2.38. The second kappa shape index (κ2) is 4.74. The Morgan fingerprint density at radius 1 is 1.00 bits per heavy atom. The SMILES string of the molecule is O=C1C2=C(NC(=S)N[C@H]2c2ccc(F)cc2)c2ccccc21. The first-order valence-electron chi connectivity index (χ1n) is 6.86. The van der Waals surface area contributed by atoms with Crippen molar-refractivity contribution in [2.45, 2.75) is 6.04 Å². The molecule has 2 N–H and O–H groups in total. The summed E-state index contributed by atoms with van der Waals surface area (Å²) in [5, 5.41) is 6.65. The van der Waals surface area contributed by atoms with E-state index in [1.807, 2.05) is 24.3 Å². The summed E-state index contributed by atoms with van der Waals surface area (Å²) in [6.07, 6.45) is 0. The van der Waals surface area contributed by atoms with Crippen LogP contribution in [0.25, 0.3) is 5.70 Å². The molecule has 0 bridgehead atoms. The van der Waals surface area contributed by atoms with E-state index in [1.54, 1.807) is 12.1 Å². The number of halogens is 1. The Morgan fingerprint density at radius 2 is 1.68 bits per heavy atom. The van der Waals surface area contributed by atoms with Crippen LogP contribution in [0.4, 0.5) is 4.39 Å². The van der Waals surface area contributed by atoms with Gasteiger partial charge in [-0.05, 0) is 29.9 Å². The second-order valence-electron chi connectivity index (χ2n) is 5.25. The molecule has 1 atom stereocenters. The Bertz CT molecular complexity index is 842. The van der Waals surface area contributed by atoms with Crippen LogP contribution in [0.15, 0.2) is 54.1 Å². The molecule has 4 rings (SSSR count). The zero-order chi connectivity index (χ0) is 15.3. The van der Waals surface area contributed by atoms with Crippen LogP contribution in [0.2, 0.25) is 0 Å². The van der Waals surface area contributed by atoms with Gasteiger partial charge in [0.1, 0.15) is 5.82 Å². The van der Waals surface area contributed by atoms with Gasteiger partial charge < -0.3 is 10.6 Å². The van der Waals surface area contributed by atoms with Gasteiger partial charge in [0.25, 0.3) is 0 Å². The van der Waals surface area contributed by atoms with Crippen LogP contribution < -0.4 is 10.6 Å². The van der Waals surface area contributed by atoms with Crippen molar-refractivity contribution in [1.82, 2.24) is 10.6 Å². The lowest BCUT2D eigenvalue weighted by Crippen LogP contribution is -2.43. The maximum Gasteiger partial charge on any atom is 0.194 e. The van der Waals surface area contributed by atoms with E-state index < -0.39 is 0 Å². The number of ketones is 1. The van der Waals surface area contributed by atoms with Crippen LogP contribution in [0, 0.1) is 5.82 Å². The van der Waals surface area contributed by atoms with E-state index in [4.69, 9.17) is 12.2 Å². The largest absolute Gasteiger partial charge is 0.351 e. The first kappa shape index (κ1) is 13.2. The summed E-state index contributed by atoms with van der Waals surface area (Å²) >= 11 is 5.26. The summed E-state index contributed by atoms with van der Waals surface area (Å²) in [6, 6.07) is 13.2. The molecule has 22 heavy (non-hydrogen) atoms. The number of fused-ring (bicyclic) bond motifs is 2. The molecule has 5 heteroatoms. The number of carbonyl (C=O) groups excluding carboxylic acids is 1. The van der Waals surface area contributed by atoms with Crippen molar-refractivity contribution in [3.63, 3.8) is 0 Å². The lowest BCUT2D eigenvalue weighted by Gasteiger charge is -2.28. The van der Waals surface area contributed by atoms with E-state index in [-0.39, 0.29) is 17.6 Å². The fraction of sp³-hybridized carbons (Fsp3) is 0.0588. The highest BCUT2D eigenvalue weighted by Crippen LogP contribution is 2.39. The van der Waals surface area contributed by atoms with Gasteiger partial charge in [-0.15, -0.1) is 0 Å². The highest BCUT2D eigenvalue weighted by molar-refractivity contribution is 7.80. The number of carbonyl (C=O) groups is 1. The van der Waals surface area contributed by atoms with Crippen molar-refractivity contribution in [2.75, 3.05) is 0 Å². The number of hydrogen-bond donors (Lipinski definition) is 2. The van der Waals surface area contributed by atoms with E-state index >= 15 is 0 Å². The van der Waals surface area contributed by atoms with Crippen molar-refractivity contribution < 1.29 is 9.18 Å². The number of rotatable bonds is 1. The van der Waals surface area contributed by atoms with Crippen LogP contribution in [0.3, 0.4) is 0 Å². The van der Waals surface area contributed by atoms with Gasteiger partial charge in [0.15, 0.2) is 10.9 Å². The summed E-state index contributed by atoms with van der Waals surface area (Å²) in [5.74, 6) is -0.335. The summed E-state index contributed by atoms with van der Waals surface area (Å²) in [6.45, 7) is 0. The predicted octanol–water partition coefficient (Wildman–Crippen LogP) is 2.95. The van der Waals surface area contributed by atoms with Gasteiger partial charge in [-0.25, -0.2) is 4.39 Å². The second-order valence-corrected chi connectivity index (χ2v) is 5.65. The molecule has 0 saturated carbocycles. The molecule has 2 aromatic carbocycles. The first-order chi connectivity index (χ1) is 10.6. The fourth-order valence-corrected chi connectivity index (χ4v) is 3.19. The molecule has 1 aliphatic carbocycles. The lowest BCUT2D eigenvalue weighted by molar-refractivity contribution is 0.103. The zero-order valence-electron chi connectivity index (χ0n) is 11.4. The van der Waals surface area contributed by atoms with E-state index in [0.29, 0.717) is 16.2 Å². The van der Waals surface area contributed by atoms with Crippen molar-refractivity contribution in [3.05, 3.63) is 76.6 Å². The third-order valence-corrected chi connectivity index (χ3v) is 4.18. The Balaban J connectivity index is 1.88. The van der Waals surface area contributed by atoms with Gasteiger partial charge in [0, 0.05) is 11.1 Å². The molecule has 0 saturated heterocycles. The summed E-state index contributed by atoms with van der Waals surface area (Å²) < 4.78 is 13.2. The number of benzene rings is 2. The molecule has 0 spiro atoms. The van der Waals surface area contributed by atoms with Crippen LogP contribution >= 0.6 is 12.2 Å². The minimum atomic E-state index is -0.371. The smallest absolute Gasteiger partial charge is 0.194 e. The predicted molar refractivity (Wildman–Crippen MR) is 85.7 cm³/mol. The Hall–Kier alpha value is -2.53. The van der Waals surface area contributed by atoms with Gasteiger partial charge in [-0.2, -0.15) is 0 Å². The third-order valence-electron chi connectivity index (χ3n) is 3.96. The minimum Gasteiger partial charge on any atom is -0.351 e. The topological polar surface area (TPSA) is 41.1 Å². The minimum absolute atomic E-state index is 0.0255. The molecule has 0 fully saturated rings. The van der Waals surface area contributed by atoms with E-state index in [1.165, 1.54) is 12.1 Å². The average Bonchev–Trinajstić information content (AvgIpc) is 2.81. The third kappa shape index (κ3) is 1.86. The summed E-state index contributed by atoms with van der Waals surface area (Å²) in [7, 11) is 0. The quantitative estimate of drug-likeness (QED) is 0.795. The monoisotopic (exact) mass is 310 g/mol. The Labute approximate surface area is 131 Å². The zero-order valence-corrected chi connectivity index (χ0v) is 12.2. The standard InChI is InChI=1S/C17H11FN2OS/c18-10-7-5-9(6-8-10)14-13-15(20-17(22)19-14)11-3-1-2-4-12(11)16(13)21/h1-8,14H,(H2,19,20,22)/t14-/m0/s1. The van der Waals surface area contributed by atoms with Crippen molar-refractivity contribution >= 4 is 28.8 Å². The van der Waals surface area contributed by atoms with Gasteiger partial charge in [-0.3, -0.25) is 4.79 Å². The van der Waals surface area contributed by atoms with Crippen molar-refractivity contribution in [1.29, 1.82) is 0 Å². The molecule has 0 aromatic heterocycles. The summed E-state index contributed by atoms with van der Waals surface area (Å²) in [4.78, 5) is 12.7. The van der Waals surface area contributed by atoms with E-state index in [2.05, 4.69) is 10.6 Å². The lowest BCUT2D eigenvalue weighted by atomic mass is 9.94. The van der Waals surface area contributed by atoms with E-state index in [9.17, 15) is 9.18 Å². The van der Waals surface area contributed by atoms with Gasteiger partial charge in [-0.1, -0.05) is 36.4 Å². The van der Waals surface area contributed by atoms with E-state index in [0.717, 1.165) is 16.8 Å². The highest BCUT2D eigenvalue weighted by atomic mass is 32.1. The number of hydrogen-bond acceptors (Lipinski definition) is 2.